The van der Waals surface area contributed by atoms with E-state index >= 15 is 0 Å². The fourth-order valence-corrected chi connectivity index (χ4v) is 2.46. The first kappa shape index (κ1) is 15.6. The average molecular weight is 462 g/mol. The molecule has 0 bridgehead atoms. The molecule has 21 heavy (non-hydrogen) atoms. The number of imide groups is 1. The van der Waals surface area contributed by atoms with Crippen LogP contribution in [0.2, 0.25) is 0 Å². The third kappa shape index (κ3) is 2.82. The number of carbonyl (C=O) groups is 2. The van der Waals surface area contributed by atoms with Crippen molar-refractivity contribution in [2.45, 2.75) is 19.9 Å². The topological polar surface area (TPSA) is 55.2 Å². The van der Waals surface area contributed by atoms with Gasteiger partial charge in [0, 0.05) is 45.1 Å². The molecule has 3 rings (SSSR count). The maximum atomic E-state index is 12.2. The molecule has 1 radical (unpaired) electrons. The van der Waals surface area contributed by atoms with Gasteiger partial charge in [0.2, 0.25) is 0 Å². The number of carbonyl (C=O) groups excluding carboxylic acids is 2. The van der Waals surface area contributed by atoms with Crippen molar-refractivity contribution in [1.82, 2.24) is 14.5 Å². The van der Waals surface area contributed by atoms with E-state index in [1.54, 1.807) is 36.8 Å². The molecule has 1 aliphatic rings. The van der Waals surface area contributed by atoms with E-state index in [0.29, 0.717) is 17.7 Å². The zero-order valence-corrected chi connectivity index (χ0v) is 14.0. The number of hydrogen-bond acceptors (Lipinski definition) is 3. The van der Waals surface area contributed by atoms with Crippen LogP contribution in [0.15, 0.2) is 36.8 Å². The second kappa shape index (κ2) is 6.33. The molecule has 0 atom stereocenters. The van der Waals surface area contributed by atoms with E-state index in [-0.39, 0.29) is 31.9 Å². The Balaban J connectivity index is 0.00000161. The summed E-state index contributed by atoms with van der Waals surface area (Å²) in [6, 6.07) is 6.97. The smallest absolute Gasteiger partial charge is 0.261 e. The van der Waals surface area contributed by atoms with Gasteiger partial charge in [0.05, 0.1) is 17.5 Å². The first-order valence-electron chi connectivity index (χ1n) is 6.60. The van der Waals surface area contributed by atoms with Crippen molar-refractivity contribution in [2.24, 2.45) is 0 Å². The minimum Gasteiger partial charge on any atom is -0.335 e. The summed E-state index contributed by atoms with van der Waals surface area (Å²) in [4.78, 5) is 29.7. The van der Waals surface area contributed by atoms with Crippen LogP contribution in [0.4, 0.5) is 0 Å². The van der Waals surface area contributed by atoms with Crippen molar-refractivity contribution in [3.63, 3.8) is 0 Å². The number of aromatic nitrogens is 2. The van der Waals surface area contributed by atoms with Crippen molar-refractivity contribution in [1.29, 1.82) is 0 Å². The molecule has 0 spiro atoms. The van der Waals surface area contributed by atoms with Gasteiger partial charge < -0.3 is 4.57 Å². The molecule has 2 heterocycles. The number of rotatable bonds is 4. The van der Waals surface area contributed by atoms with Crippen molar-refractivity contribution in [3.8, 4) is 0 Å². The molecule has 1 aliphatic heterocycles. The van der Waals surface area contributed by atoms with Crippen LogP contribution >= 0.6 is 0 Å². The second-order valence-corrected chi connectivity index (χ2v) is 4.89. The summed E-state index contributed by atoms with van der Waals surface area (Å²) < 4.78 is 2.01. The van der Waals surface area contributed by atoms with Gasteiger partial charge in [-0.15, -0.1) is 0 Å². The summed E-state index contributed by atoms with van der Waals surface area (Å²) in [6.07, 6.45) is 4.28. The van der Waals surface area contributed by atoms with E-state index in [9.17, 15) is 9.59 Å². The van der Waals surface area contributed by atoms with Gasteiger partial charge >= 0.3 is 0 Å². The zero-order chi connectivity index (χ0) is 14.1. The molecule has 2 amide bonds. The molecule has 111 valence electrons. The first-order valence-corrected chi connectivity index (χ1v) is 6.60. The van der Waals surface area contributed by atoms with Crippen LogP contribution in [0.25, 0.3) is 0 Å². The molecule has 0 saturated carbocycles. The molecule has 0 unspecified atom stereocenters. The summed E-state index contributed by atoms with van der Waals surface area (Å²) >= 11 is 0. The molecule has 5 nitrogen and oxygen atoms in total. The summed E-state index contributed by atoms with van der Waals surface area (Å²) in [5, 5.41) is 0. The maximum absolute atomic E-state index is 12.2. The Hall–Kier alpha value is -1.78. The van der Waals surface area contributed by atoms with Gasteiger partial charge in [0.1, 0.15) is 0 Å². The molecule has 0 aliphatic carbocycles. The number of benzene rings is 1. The molecule has 2 aromatic rings. The fourth-order valence-electron chi connectivity index (χ4n) is 2.46. The minimum absolute atomic E-state index is 0. The normalized spacial score (nSPS) is 13.3. The molecular formula is C15H15IrN3O2. The summed E-state index contributed by atoms with van der Waals surface area (Å²) in [7, 11) is 0. The van der Waals surface area contributed by atoms with Gasteiger partial charge in [-0.05, 0) is 25.5 Å². The third-order valence-corrected chi connectivity index (χ3v) is 3.58. The molecule has 1 aromatic carbocycles. The van der Waals surface area contributed by atoms with E-state index in [2.05, 4.69) is 4.98 Å². The number of nitrogens with zero attached hydrogens (tertiary/aromatic N) is 3. The minimum atomic E-state index is -0.187. The monoisotopic (exact) mass is 462 g/mol. The van der Waals surface area contributed by atoms with Crippen molar-refractivity contribution in [2.75, 3.05) is 6.54 Å². The van der Waals surface area contributed by atoms with Gasteiger partial charge in [-0.25, -0.2) is 4.98 Å². The fraction of sp³-hybridized carbons (Fsp3) is 0.267. The number of hydrogen-bond donors (Lipinski definition) is 0. The predicted molar refractivity (Wildman–Crippen MR) is 73.4 cm³/mol. The number of fused-ring (bicyclic) bond motifs is 1. The van der Waals surface area contributed by atoms with Gasteiger partial charge in [-0.1, -0.05) is 12.1 Å². The largest absolute Gasteiger partial charge is 0.335 e. The first-order chi connectivity index (χ1) is 9.68. The summed E-state index contributed by atoms with van der Waals surface area (Å²) in [6.45, 7) is 3.16. The second-order valence-electron chi connectivity index (χ2n) is 4.89. The van der Waals surface area contributed by atoms with Crippen molar-refractivity contribution >= 4 is 11.8 Å². The number of imidazole rings is 1. The Morgan fingerprint density at radius 3 is 2.19 bits per heavy atom. The van der Waals surface area contributed by atoms with Crippen molar-refractivity contribution in [3.05, 3.63) is 53.6 Å². The van der Waals surface area contributed by atoms with E-state index in [0.717, 1.165) is 18.7 Å². The van der Waals surface area contributed by atoms with Crippen LogP contribution in [0.5, 0.6) is 0 Å². The van der Waals surface area contributed by atoms with E-state index in [4.69, 9.17) is 0 Å². The average Bonchev–Trinajstić information content (AvgIpc) is 2.97. The Morgan fingerprint density at radius 1 is 1.05 bits per heavy atom. The van der Waals surface area contributed by atoms with E-state index in [1.807, 2.05) is 11.5 Å². The van der Waals surface area contributed by atoms with Crippen LogP contribution in [-0.4, -0.2) is 32.8 Å². The van der Waals surface area contributed by atoms with Gasteiger partial charge in [0.15, 0.2) is 0 Å². The Morgan fingerprint density at radius 2 is 1.67 bits per heavy atom. The number of aryl methyl sites for hydroxylation is 2. The van der Waals surface area contributed by atoms with Crippen LogP contribution in [0.3, 0.4) is 0 Å². The molecule has 6 heteroatoms. The third-order valence-electron chi connectivity index (χ3n) is 3.58. The van der Waals surface area contributed by atoms with Crippen molar-refractivity contribution < 1.29 is 29.7 Å². The van der Waals surface area contributed by atoms with Crippen LogP contribution < -0.4 is 0 Å². The van der Waals surface area contributed by atoms with Gasteiger partial charge in [0.25, 0.3) is 11.8 Å². The van der Waals surface area contributed by atoms with Crippen LogP contribution in [-0.2, 0) is 26.7 Å². The molecule has 0 fully saturated rings. The van der Waals surface area contributed by atoms with Gasteiger partial charge in [-0.2, -0.15) is 0 Å². The predicted octanol–water partition coefficient (Wildman–Crippen LogP) is 1.88. The zero-order valence-electron chi connectivity index (χ0n) is 11.6. The molecule has 0 saturated heterocycles. The van der Waals surface area contributed by atoms with E-state index in [1.165, 1.54) is 4.90 Å². The Kier molecular flexibility index (Phi) is 4.70. The van der Waals surface area contributed by atoms with Gasteiger partial charge in [-0.3, -0.25) is 14.5 Å². The molecule has 1 aromatic heterocycles. The number of amides is 2. The quantitative estimate of drug-likeness (QED) is 0.654. The maximum Gasteiger partial charge on any atom is 0.261 e. The summed E-state index contributed by atoms with van der Waals surface area (Å²) in [5.74, 6) is -0.374. The Bertz CT molecular complexity index is 646. The SMILES string of the molecule is Cc1cncn1CCCN1C(=O)c2ccccc2C1=O.[Ir]. The van der Waals surface area contributed by atoms with Crippen LogP contribution in [0.1, 0.15) is 32.8 Å². The van der Waals surface area contributed by atoms with E-state index < -0.39 is 0 Å². The molecule has 0 N–H and O–H groups in total. The van der Waals surface area contributed by atoms with Crippen LogP contribution in [0, 0.1) is 6.92 Å². The Labute approximate surface area is 136 Å². The standard InChI is InChI=1S/C15H15N3O2.Ir/c1-11-9-16-10-17(11)7-4-8-18-14(19)12-5-2-3-6-13(12)15(18)20;/h2-3,5-6,9-10H,4,7-8H2,1H3;. The summed E-state index contributed by atoms with van der Waals surface area (Å²) in [5.41, 5.74) is 2.10. The molecular weight excluding hydrogens is 446 g/mol.